The lowest BCUT2D eigenvalue weighted by atomic mass is 10.2. The Morgan fingerprint density at radius 2 is 1.77 bits per heavy atom. The van der Waals surface area contributed by atoms with Crippen LogP contribution < -0.4 is 11.2 Å². The van der Waals surface area contributed by atoms with E-state index < -0.39 is 16.2 Å². The average Bonchev–Trinajstić information content (AvgIpc) is 2.96. The number of imidazole rings is 1. The summed E-state index contributed by atoms with van der Waals surface area (Å²) in [6, 6.07) is 5.75. The number of fused-ring (bicyclic) bond motifs is 1. The fourth-order valence-corrected chi connectivity index (χ4v) is 2.20. The van der Waals surface area contributed by atoms with Gasteiger partial charge in [-0.2, -0.15) is 0 Å². The molecule has 0 aliphatic heterocycles. The molecule has 9 nitrogen and oxygen atoms in total. The first-order valence-electron chi connectivity index (χ1n) is 6.30. The van der Waals surface area contributed by atoms with E-state index in [1.807, 2.05) is 0 Å². The van der Waals surface area contributed by atoms with Crippen LogP contribution in [-0.2, 0) is 14.1 Å². The van der Waals surface area contributed by atoms with Crippen LogP contribution in [0.5, 0.6) is 0 Å². The van der Waals surface area contributed by atoms with Crippen LogP contribution in [0.2, 0.25) is 0 Å². The van der Waals surface area contributed by atoms with Gasteiger partial charge in [0.05, 0.1) is 4.92 Å². The van der Waals surface area contributed by atoms with Crippen molar-refractivity contribution in [3.63, 3.8) is 0 Å². The minimum absolute atomic E-state index is 0.0387. The highest BCUT2D eigenvalue weighted by molar-refractivity contribution is 5.75. The molecular formula is C13H11N5O4. The predicted molar refractivity (Wildman–Crippen MR) is 78.7 cm³/mol. The Morgan fingerprint density at radius 1 is 1.14 bits per heavy atom. The van der Waals surface area contributed by atoms with Gasteiger partial charge in [0.2, 0.25) is 0 Å². The highest BCUT2D eigenvalue weighted by Crippen LogP contribution is 2.21. The number of aromatic nitrogens is 4. The third-order valence-electron chi connectivity index (χ3n) is 3.45. The van der Waals surface area contributed by atoms with Gasteiger partial charge in [0, 0.05) is 31.8 Å². The van der Waals surface area contributed by atoms with Crippen LogP contribution in [0.15, 0.2) is 33.9 Å². The molecule has 0 unspecified atom stereocenters. The first-order chi connectivity index (χ1) is 10.4. The van der Waals surface area contributed by atoms with Crippen LogP contribution >= 0.6 is 0 Å². The smallest absolute Gasteiger partial charge is 0.332 e. The Bertz CT molecular complexity index is 1010. The maximum absolute atomic E-state index is 12.1. The zero-order valence-electron chi connectivity index (χ0n) is 11.7. The second kappa shape index (κ2) is 4.65. The number of hydrogen-bond acceptors (Lipinski definition) is 5. The first kappa shape index (κ1) is 13.7. The molecule has 3 rings (SSSR count). The highest BCUT2D eigenvalue weighted by atomic mass is 16.6. The zero-order chi connectivity index (χ0) is 16.0. The third-order valence-corrected chi connectivity index (χ3v) is 3.45. The zero-order valence-corrected chi connectivity index (χ0v) is 11.7. The number of hydrogen-bond donors (Lipinski definition) is 1. The molecule has 0 fully saturated rings. The molecule has 1 aromatic carbocycles. The minimum Gasteiger partial charge on any atom is -0.332 e. The normalized spacial score (nSPS) is 11.0. The predicted octanol–water partition coefficient (Wildman–Crippen LogP) is 0.535. The van der Waals surface area contributed by atoms with E-state index in [1.165, 1.54) is 42.9 Å². The molecule has 3 aromatic rings. The second-order valence-electron chi connectivity index (χ2n) is 4.79. The van der Waals surface area contributed by atoms with Crippen molar-refractivity contribution in [3.8, 4) is 11.4 Å². The lowest BCUT2D eigenvalue weighted by Crippen LogP contribution is -2.36. The molecule has 0 atom stereocenters. The van der Waals surface area contributed by atoms with E-state index in [4.69, 9.17) is 0 Å². The SMILES string of the molecule is Cn1c(=O)c2[nH]c(-c3ccc([N+](=O)[O-])cc3)nc2n(C)c1=O. The molecule has 0 aliphatic carbocycles. The number of nitrogens with one attached hydrogen (secondary N) is 1. The third kappa shape index (κ3) is 1.91. The van der Waals surface area contributed by atoms with E-state index in [-0.39, 0.29) is 16.9 Å². The molecule has 0 saturated heterocycles. The maximum atomic E-state index is 12.1. The van der Waals surface area contributed by atoms with Crippen LogP contribution in [0.1, 0.15) is 0 Å². The van der Waals surface area contributed by atoms with Gasteiger partial charge in [-0.25, -0.2) is 9.78 Å². The highest BCUT2D eigenvalue weighted by Gasteiger charge is 2.15. The van der Waals surface area contributed by atoms with Crippen molar-refractivity contribution in [1.82, 2.24) is 19.1 Å². The van der Waals surface area contributed by atoms with Gasteiger partial charge < -0.3 is 4.98 Å². The summed E-state index contributed by atoms with van der Waals surface area (Å²) in [4.78, 5) is 41.2. The number of non-ortho nitro benzene ring substituents is 1. The summed E-state index contributed by atoms with van der Waals surface area (Å²) in [7, 11) is 2.90. The fraction of sp³-hybridized carbons (Fsp3) is 0.154. The van der Waals surface area contributed by atoms with Crippen molar-refractivity contribution in [2.75, 3.05) is 0 Å². The summed E-state index contributed by atoms with van der Waals surface area (Å²) in [6.45, 7) is 0. The summed E-state index contributed by atoms with van der Waals surface area (Å²) < 4.78 is 2.25. The van der Waals surface area contributed by atoms with Gasteiger partial charge in [-0.05, 0) is 12.1 Å². The van der Waals surface area contributed by atoms with Crippen LogP contribution in [0, 0.1) is 10.1 Å². The van der Waals surface area contributed by atoms with Crippen LogP contribution in [-0.4, -0.2) is 24.0 Å². The van der Waals surface area contributed by atoms with Crippen molar-refractivity contribution in [1.29, 1.82) is 0 Å². The van der Waals surface area contributed by atoms with Crippen LogP contribution in [0.3, 0.4) is 0 Å². The molecule has 22 heavy (non-hydrogen) atoms. The number of rotatable bonds is 2. The van der Waals surface area contributed by atoms with E-state index in [9.17, 15) is 19.7 Å². The van der Waals surface area contributed by atoms with E-state index in [1.54, 1.807) is 0 Å². The molecule has 0 radical (unpaired) electrons. The van der Waals surface area contributed by atoms with E-state index in [2.05, 4.69) is 9.97 Å². The van der Waals surface area contributed by atoms with Crippen molar-refractivity contribution in [2.24, 2.45) is 14.1 Å². The Labute approximate surface area is 122 Å². The summed E-state index contributed by atoms with van der Waals surface area (Å²) in [5.74, 6) is 0.364. The molecule has 0 amide bonds. The van der Waals surface area contributed by atoms with Gasteiger partial charge in [0.1, 0.15) is 11.3 Å². The molecule has 0 saturated carbocycles. The summed E-state index contributed by atoms with van der Waals surface area (Å²) in [5, 5.41) is 10.7. The first-order valence-corrected chi connectivity index (χ1v) is 6.30. The lowest BCUT2D eigenvalue weighted by molar-refractivity contribution is -0.384. The fourth-order valence-electron chi connectivity index (χ4n) is 2.20. The monoisotopic (exact) mass is 301 g/mol. The number of aromatic amines is 1. The van der Waals surface area contributed by atoms with Gasteiger partial charge in [-0.3, -0.25) is 24.0 Å². The molecule has 2 heterocycles. The summed E-state index contributed by atoms with van der Waals surface area (Å²) in [6.07, 6.45) is 0. The molecule has 112 valence electrons. The topological polar surface area (TPSA) is 116 Å². The minimum atomic E-state index is -0.498. The van der Waals surface area contributed by atoms with Crippen LogP contribution in [0.25, 0.3) is 22.6 Å². The molecule has 2 aromatic heterocycles. The number of nitro groups is 1. The van der Waals surface area contributed by atoms with Gasteiger partial charge in [-0.15, -0.1) is 0 Å². The average molecular weight is 301 g/mol. The summed E-state index contributed by atoms with van der Waals surface area (Å²) in [5.41, 5.74) is 0.0388. The Balaban J connectivity index is 2.23. The molecule has 0 aliphatic rings. The number of H-pyrrole nitrogens is 1. The second-order valence-corrected chi connectivity index (χ2v) is 4.79. The standard InChI is InChI=1S/C13H11N5O4/c1-16-11-9(12(19)17(2)13(16)20)14-10(15-11)7-3-5-8(6-4-7)18(21)22/h3-6H,1-2H3,(H,14,15). The van der Waals surface area contributed by atoms with Crippen molar-refractivity contribution in [2.45, 2.75) is 0 Å². The van der Waals surface area contributed by atoms with Gasteiger partial charge in [-0.1, -0.05) is 0 Å². The Hall–Kier alpha value is -3.23. The molecule has 1 N–H and O–H groups in total. The largest absolute Gasteiger partial charge is 0.332 e. The molecular weight excluding hydrogens is 290 g/mol. The molecule has 0 bridgehead atoms. The van der Waals surface area contributed by atoms with E-state index in [0.29, 0.717) is 11.4 Å². The van der Waals surface area contributed by atoms with E-state index in [0.717, 1.165) is 4.57 Å². The van der Waals surface area contributed by atoms with Gasteiger partial charge in [0.15, 0.2) is 5.65 Å². The number of nitro benzene ring substituents is 1. The molecule has 0 spiro atoms. The Morgan fingerprint density at radius 3 is 2.36 bits per heavy atom. The van der Waals surface area contributed by atoms with E-state index >= 15 is 0 Å². The summed E-state index contributed by atoms with van der Waals surface area (Å²) >= 11 is 0. The van der Waals surface area contributed by atoms with Gasteiger partial charge >= 0.3 is 5.69 Å². The number of nitrogens with zero attached hydrogens (tertiary/aromatic N) is 4. The van der Waals surface area contributed by atoms with Gasteiger partial charge in [0.25, 0.3) is 11.2 Å². The Kier molecular flexibility index (Phi) is 2.91. The van der Waals surface area contributed by atoms with Crippen molar-refractivity contribution < 1.29 is 4.92 Å². The van der Waals surface area contributed by atoms with Crippen molar-refractivity contribution in [3.05, 3.63) is 55.2 Å². The number of benzene rings is 1. The lowest BCUT2D eigenvalue weighted by Gasteiger charge is -2.00. The number of aryl methyl sites for hydroxylation is 1. The molecule has 9 heteroatoms. The quantitative estimate of drug-likeness (QED) is 0.547. The maximum Gasteiger partial charge on any atom is 0.332 e. The van der Waals surface area contributed by atoms with Crippen molar-refractivity contribution >= 4 is 16.9 Å². The van der Waals surface area contributed by atoms with Crippen LogP contribution in [0.4, 0.5) is 5.69 Å².